The molecule has 0 saturated carbocycles. The van der Waals surface area contributed by atoms with Crippen LogP contribution in [0.1, 0.15) is 13.8 Å². The molecular weight excluding hydrogens is 224 g/mol. The second-order valence-corrected chi connectivity index (χ2v) is 4.84. The average molecular weight is 235 g/mol. The van der Waals surface area contributed by atoms with Crippen molar-refractivity contribution in [1.29, 1.82) is 0 Å². The van der Waals surface area contributed by atoms with E-state index in [4.69, 9.17) is 30.5 Å². The zero-order chi connectivity index (χ0) is 10.8. The van der Waals surface area contributed by atoms with Crippen molar-refractivity contribution in [3.8, 4) is 0 Å². The molecule has 3 aliphatic rings. The van der Waals surface area contributed by atoms with Gasteiger partial charge in [-0.25, -0.2) is 0 Å². The van der Waals surface area contributed by atoms with Crippen LogP contribution in [0.5, 0.6) is 0 Å². The van der Waals surface area contributed by atoms with Crippen molar-refractivity contribution in [2.45, 2.75) is 49.6 Å². The van der Waals surface area contributed by atoms with E-state index in [1.807, 2.05) is 0 Å². The van der Waals surface area contributed by atoms with Crippen molar-refractivity contribution in [1.82, 2.24) is 0 Å². The number of rotatable bonds is 0. The summed E-state index contributed by atoms with van der Waals surface area (Å²) in [7, 11) is 0. The fourth-order valence-corrected chi connectivity index (χ4v) is 2.46. The summed E-state index contributed by atoms with van der Waals surface area (Å²) in [6, 6.07) is 0. The molecule has 0 amide bonds. The molecule has 0 radical (unpaired) electrons. The minimum Gasteiger partial charge on any atom is -0.455 e. The third kappa shape index (κ3) is 1.30. The van der Waals surface area contributed by atoms with E-state index in [9.17, 15) is 4.79 Å². The Balaban J connectivity index is 1.83. The van der Waals surface area contributed by atoms with Crippen molar-refractivity contribution >= 4 is 17.6 Å². The standard InChI is InChI=1S/C9H11ClO5/c1-9(2)14-6-5-4(13-8(6)15-9)3(10)7(11)12-5/h3-6,8H,1-2H3/t3-,4?,5?,6-,8?/m1/s1. The minimum atomic E-state index is -0.754. The number of hydrogen-bond acceptors (Lipinski definition) is 5. The maximum absolute atomic E-state index is 11.2. The van der Waals surface area contributed by atoms with E-state index in [0.29, 0.717) is 0 Å². The Bertz CT molecular complexity index is 318. The number of carbonyl (C=O) groups excluding carboxylic acids is 1. The van der Waals surface area contributed by atoms with E-state index in [1.165, 1.54) is 0 Å². The zero-order valence-electron chi connectivity index (χ0n) is 8.31. The normalized spacial score (nSPS) is 51.4. The predicted molar refractivity (Wildman–Crippen MR) is 48.2 cm³/mol. The van der Waals surface area contributed by atoms with Crippen LogP contribution in [0.25, 0.3) is 0 Å². The highest BCUT2D eigenvalue weighted by Crippen LogP contribution is 2.43. The smallest absolute Gasteiger partial charge is 0.327 e. The maximum Gasteiger partial charge on any atom is 0.327 e. The van der Waals surface area contributed by atoms with Crippen LogP contribution in [0.15, 0.2) is 0 Å². The highest BCUT2D eigenvalue weighted by Gasteiger charge is 2.62. The average Bonchev–Trinajstić information content (AvgIpc) is 2.66. The highest BCUT2D eigenvalue weighted by atomic mass is 35.5. The topological polar surface area (TPSA) is 54.0 Å². The van der Waals surface area contributed by atoms with Crippen molar-refractivity contribution in [3.63, 3.8) is 0 Å². The maximum atomic E-state index is 11.2. The summed E-state index contributed by atoms with van der Waals surface area (Å²) < 4.78 is 21.7. The van der Waals surface area contributed by atoms with Crippen LogP contribution in [0, 0.1) is 0 Å². The van der Waals surface area contributed by atoms with Crippen LogP contribution in [0.2, 0.25) is 0 Å². The molecule has 3 fully saturated rings. The molecule has 0 aromatic carbocycles. The van der Waals surface area contributed by atoms with E-state index in [1.54, 1.807) is 13.8 Å². The largest absolute Gasteiger partial charge is 0.455 e. The Hall–Kier alpha value is -0.360. The molecule has 6 heteroatoms. The first kappa shape index (κ1) is 9.84. The summed E-state index contributed by atoms with van der Waals surface area (Å²) in [4.78, 5) is 11.2. The number of alkyl halides is 1. The molecule has 0 spiro atoms. The molecule has 0 aromatic heterocycles. The molecule has 3 aliphatic heterocycles. The van der Waals surface area contributed by atoms with Gasteiger partial charge in [-0.05, 0) is 13.8 Å². The van der Waals surface area contributed by atoms with Gasteiger partial charge in [0.05, 0.1) is 0 Å². The Morgan fingerprint density at radius 2 is 1.93 bits per heavy atom. The van der Waals surface area contributed by atoms with Gasteiger partial charge in [0.1, 0.15) is 6.10 Å². The lowest BCUT2D eigenvalue weighted by Crippen LogP contribution is -2.34. The quantitative estimate of drug-likeness (QED) is 0.449. The van der Waals surface area contributed by atoms with Crippen LogP contribution >= 0.6 is 11.6 Å². The Morgan fingerprint density at radius 3 is 2.67 bits per heavy atom. The van der Waals surface area contributed by atoms with Gasteiger partial charge in [-0.15, -0.1) is 11.6 Å². The summed E-state index contributed by atoms with van der Waals surface area (Å²) in [5.41, 5.74) is 0. The van der Waals surface area contributed by atoms with E-state index in [-0.39, 0.29) is 6.10 Å². The van der Waals surface area contributed by atoms with Crippen LogP contribution in [0.3, 0.4) is 0 Å². The van der Waals surface area contributed by atoms with E-state index < -0.39 is 35.6 Å². The van der Waals surface area contributed by atoms with Crippen molar-refractivity contribution in [3.05, 3.63) is 0 Å². The number of esters is 1. The summed E-state index contributed by atoms with van der Waals surface area (Å²) in [5, 5.41) is -0.754. The lowest BCUT2D eigenvalue weighted by molar-refractivity contribution is -0.209. The molecule has 0 aliphatic carbocycles. The van der Waals surface area contributed by atoms with Crippen LogP contribution in [-0.2, 0) is 23.7 Å². The van der Waals surface area contributed by atoms with Gasteiger partial charge in [0, 0.05) is 0 Å². The second kappa shape index (κ2) is 2.85. The predicted octanol–water partition coefficient (Wildman–Crippen LogP) is 0.396. The molecule has 84 valence electrons. The lowest BCUT2D eigenvalue weighted by Gasteiger charge is -2.20. The molecular formula is C9H11ClO5. The van der Waals surface area contributed by atoms with Gasteiger partial charge < -0.3 is 18.9 Å². The molecule has 3 unspecified atom stereocenters. The fourth-order valence-electron chi connectivity index (χ4n) is 2.21. The SMILES string of the molecule is CC1(C)OC2OC3C(OC(=O)[C@@H]3Cl)[C@H]2O1. The molecule has 0 N–H and O–H groups in total. The Labute approximate surface area is 91.6 Å². The molecule has 15 heavy (non-hydrogen) atoms. The Kier molecular flexibility index (Phi) is 1.87. The highest BCUT2D eigenvalue weighted by molar-refractivity contribution is 6.31. The van der Waals surface area contributed by atoms with Gasteiger partial charge in [0.15, 0.2) is 29.7 Å². The lowest BCUT2D eigenvalue weighted by atomic mass is 10.1. The van der Waals surface area contributed by atoms with Gasteiger partial charge in [-0.3, -0.25) is 4.79 Å². The number of fused-ring (bicyclic) bond motifs is 3. The molecule has 5 atom stereocenters. The van der Waals surface area contributed by atoms with Gasteiger partial charge in [0.25, 0.3) is 0 Å². The van der Waals surface area contributed by atoms with E-state index in [2.05, 4.69) is 0 Å². The monoisotopic (exact) mass is 234 g/mol. The second-order valence-electron chi connectivity index (χ2n) is 4.37. The first-order valence-electron chi connectivity index (χ1n) is 4.84. The first-order valence-corrected chi connectivity index (χ1v) is 5.27. The number of halogens is 1. The zero-order valence-corrected chi connectivity index (χ0v) is 9.06. The minimum absolute atomic E-state index is 0.363. The fraction of sp³-hybridized carbons (Fsp3) is 0.889. The Morgan fingerprint density at radius 1 is 1.20 bits per heavy atom. The summed E-state index contributed by atoms with van der Waals surface area (Å²) in [6.07, 6.45) is -1.74. The van der Waals surface area contributed by atoms with Crippen molar-refractivity contribution < 1.29 is 23.7 Å². The molecule has 5 nitrogen and oxygen atoms in total. The third-order valence-corrected chi connectivity index (χ3v) is 3.22. The van der Waals surface area contributed by atoms with E-state index >= 15 is 0 Å². The molecule has 3 heterocycles. The summed E-state index contributed by atoms with van der Waals surface area (Å²) >= 11 is 5.84. The van der Waals surface area contributed by atoms with Gasteiger partial charge in [-0.1, -0.05) is 0 Å². The summed E-state index contributed by atoms with van der Waals surface area (Å²) in [6.45, 7) is 3.58. The molecule has 0 aromatic rings. The van der Waals surface area contributed by atoms with Crippen LogP contribution in [-0.4, -0.2) is 41.7 Å². The van der Waals surface area contributed by atoms with Crippen LogP contribution < -0.4 is 0 Å². The molecule has 0 bridgehead atoms. The van der Waals surface area contributed by atoms with E-state index in [0.717, 1.165) is 0 Å². The van der Waals surface area contributed by atoms with Gasteiger partial charge in [0.2, 0.25) is 0 Å². The number of carbonyl (C=O) groups is 1. The third-order valence-electron chi connectivity index (χ3n) is 2.79. The van der Waals surface area contributed by atoms with Gasteiger partial charge >= 0.3 is 5.97 Å². The van der Waals surface area contributed by atoms with Crippen molar-refractivity contribution in [2.75, 3.05) is 0 Å². The number of ether oxygens (including phenoxy) is 4. The first-order chi connectivity index (χ1) is 6.98. The van der Waals surface area contributed by atoms with Crippen LogP contribution in [0.4, 0.5) is 0 Å². The van der Waals surface area contributed by atoms with Crippen molar-refractivity contribution in [2.24, 2.45) is 0 Å². The van der Waals surface area contributed by atoms with Gasteiger partial charge in [-0.2, -0.15) is 0 Å². The number of hydrogen-bond donors (Lipinski definition) is 0. The summed E-state index contributed by atoms with van der Waals surface area (Å²) in [5.74, 6) is -1.14. The molecule has 3 saturated heterocycles. The molecule has 3 rings (SSSR count).